The van der Waals surface area contributed by atoms with Crippen LogP contribution in [0.2, 0.25) is 0 Å². The Kier molecular flexibility index (Phi) is 6.11. The van der Waals surface area contributed by atoms with Crippen LogP contribution in [0.3, 0.4) is 0 Å². The van der Waals surface area contributed by atoms with Gasteiger partial charge < -0.3 is 5.11 Å². The maximum absolute atomic E-state index is 9.45. The van der Waals surface area contributed by atoms with Crippen molar-refractivity contribution < 1.29 is 5.11 Å². The summed E-state index contributed by atoms with van der Waals surface area (Å²) in [7, 11) is 0. The van der Waals surface area contributed by atoms with Crippen molar-refractivity contribution in [2.75, 3.05) is 6.61 Å². The fraction of sp³-hybridized carbons (Fsp3) is 0.857. The average Bonchev–Trinajstić information content (AvgIpc) is 3.08. The SMILES string of the molecule is CC(CO)[C@@H](C)C=C[C@@H](C)[C@H]1CC=C2[C@@H]3CCC4CCCC[C@]4(C)[C@H]3CC[C@@]21C. The van der Waals surface area contributed by atoms with Gasteiger partial charge in [-0.2, -0.15) is 0 Å². The lowest BCUT2D eigenvalue weighted by Gasteiger charge is -2.59. The third kappa shape index (κ3) is 3.58. The maximum Gasteiger partial charge on any atom is 0.0462 e. The van der Waals surface area contributed by atoms with Crippen LogP contribution in [0.4, 0.5) is 0 Å². The summed E-state index contributed by atoms with van der Waals surface area (Å²) in [5.74, 6) is 5.05. The van der Waals surface area contributed by atoms with Crippen LogP contribution < -0.4 is 0 Å². The summed E-state index contributed by atoms with van der Waals surface area (Å²) in [6.45, 7) is 12.4. The molecule has 29 heavy (non-hydrogen) atoms. The van der Waals surface area contributed by atoms with E-state index in [9.17, 15) is 5.11 Å². The van der Waals surface area contributed by atoms with Gasteiger partial charge in [0.1, 0.15) is 0 Å². The van der Waals surface area contributed by atoms with Gasteiger partial charge in [-0.1, -0.05) is 71.3 Å². The second-order valence-electron chi connectivity index (χ2n) is 12.0. The van der Waals surface area contributed by atoms with Gasteiger partial charge in [-0.3, -0.25) is 0 Å². The molecule has 1 heteroatoms. The molecule has 2 unspecified atom stereocenters. The minimum Gasteiger partial charge on any atom is -0.396 e. The lowest BCUT2D eigenvalue weighted by molar-refractivity contribution is -0.0572. The van der Waals surface area contributed by atoms with Crippen molar-refractivity contribution in [1.82, 2.24) is 0 Å². The zero-order chi connectivity index (χ0) is 20.8. The van der Waals surface area contributed by atoms with E-state index < -0.39 is 0 Å². The van der Waals surface area contributed by atoms with Crippen LogP contribution in [0.1, 0.15) is 92.4 Å². The number of rotatable bonds is 5. The molecule has 0 saturated heterocycles. The third-order valence-corrected chi connectivity index (χ3v) is 10.6. The topological polar surface area (TPSA) is 20.2 Å². The van der Waals surface area contributed by atoms with Crippen molar-refractivity contribution in [3.05, 3.63) is 23.8 Å². The quantitative estimate of drug-likeness (QED) is 0.478. The Morgan fingerprint density at radius 2 is 1.83 bits per heavy atom. The van der Waals surface area contributed by atoms with E-state index in [1.165, 1.54) is 57.8 Å². The van der Waals surface area contributed by atoms with Gasteiger partial charge in [-0.25, -0.2) is 0 Å². The standard InChI is InChI=1S/C28H46O/c1-19(21(3)18-29)9-10-20(2)24-13-14-25-23-12-11-22-8-6-7-16-27(22,4)26(23)15-17-28(24,25)5/h9-10,14,19-24,26,29H,6-8,11-13,15-18H2,1-5H3/t19-,20+,21?,22?,23-,24+,26-,27-,28+/m0/s1. The Hall–Kier alpha value is -0.560. The number of hydrogen-bond donors (Lipinski definition) is 1. The van der Waals surface area contributed by atoms with Crippen LogP contribution >= 0.6 is 0 Å². The summed E-state index contributed by atoms with van der Waals surface area (Å²) < 4.78 is 0. The Labute approximate surface area is 180 Å². The highest BCUT2D eigenvalue weighted by Gasteiger charge is 2.57. The summed E-state index contributed by atoms with van der Waals surface area (Å²) in [4.78, 5) is 0. The molecule has 4 aliphatic carbocycles. The van der Waals surface area contributed by atoms with Crippen molar-refractivity contribution in [2.45, 2.75) is 92.4 Å². The summed E-state index contributed by atoms with van der Waals surface area (Å²) in [5, 5.41) is 9.45. The highest BCUT2D eigenvalue weighted by molar-refractivity contribution is 5.30. The Morgan fingerprint density at radius 1 is 1.03 bits per heavy atom. The Morgan fingerprint density at radius 3 is 2.59 bits per heavy atom. The molecule has 0 amide bonds. The number of aliphatic hydroxyl groups excluding tert-OH is 1. The van der Waals surface area contributed by atoms with Crippen molar-refractivity contribution >= 4 is 0 Å². The van der Waals surface area contributed by atoms with Crippen LogP contribution in [0.25, 0.3) is 0 Å². The monoisotopic (exact) mass is 398 g/mol. The van der Waals surface area contributed by atoms with Gasteiger partial charge in [0, 0.05) is 6.61 Å². The molecular weight excluding hydrogens is 352 g/mol. The maximum atomic E-state index is 9.45. The largest absolute Gasteiger partial charge is 0.396 e. The number of allylic oxidation sites excluding steroid dienone is 4. The minimum absolute atomic E-state index is 0.287. The molecule has 164 valence electrons. The molecular formula is C28H46O. The molecule has 0 aliphatic heterocycles. The lowest BCUT2D eigenvalue weighted by Crippen LogP contribution is -2.50. The normalized spacial score (nSPS) is 45.1. The first-order valence-electron chi connectivity index (χ1n) is 12.8. The van der Waals surface area contributed by atoms with Crippen LogP contribution in [0, 0.1) is 52.3 Å². The van der Waals surface area contributed by atoms with Crippen molar-refractivity contribution in [1.29, 1.82) is 0 Å². The first-order chi connectivity index (χ1) is 13.8. The fourth-order valence-corrected chi connectivity index (χ4v) is 8.29. The van der Waals surface area contributed by atoms with Gasteiger partial charge in [0.15, 0.2) is 0 Å². The van der Waals surface area contributed by atoms with Crippen molar-refractivity contribution in [2.24, 2.45) is 52.3 Å². The first kappa shape index (κ1) is 21.7. The van der Waals surface area contributed by atoms with Crippen molar-refractivity contribution in [3.8, 4) is 0 Å². The predicted molar refractivity (Wildman–Crippen MR) is 124 cm³/mol. The summed E-state index contributed by atoms with van der Waals surface area (Å²) in [6, 6.07) is 0. The zero-order valence-electron chi connectivity index (χ0n) is 19.8. The molecule has 4 aliphatic rings. The van der Waals surface area contributed by atoms with E-state index in [-0.39, 0.29) is 6.61 Å². The van der Waals surface area contributed by atoms with E-state index in [0.717, 1.165) is 23.7 Å². The summed E-state index contributed by atoms with van der Waals surface area (Å²) in [6.07, 6.45) is 20.6. The Balaban J connectivity index is 1.50. The molecule has 1 N–H and O–H groups in total. The molecule has 0 aromatic rings. The van der Waals surface area contributed by atoms with Crippen molar-refractivity contribution in [3.63, 3.8) is 0 Å². The number of aliphatic hydroxyl groups is 1. The molecule has 3 fully saturated rings. The highest BCUT2D eigenvalue weighted by Crippen LogP contribution is 2.66. The first-order valence-corrected chi connectivity index (χ1v) is 12.8. The van der Waals surface area contributed by atoms with E-state index in [2.05, 4.69) is 52.8 Å². The molecule has 0 aromatic carbocycles. The predicted octanol–water partition coefficient (Wildman–Crippen LogP) is 7.41. The van der Waals surface area contributed by atoms with Gasteiger partial charge >= 0.3 is 0 Å². The smallest absolute Gasteiger partial charge is 0.0462 e. The van der Waals surface area contributed by atoms with E-state index in [1.54, 1.807) is 0 Å². The number of hydrogen-bond acceptors (Lipinski definition) is 1. The summed E-state index contributed by atoms with van der Waals surface area (Å²) >= 11 is 0. The molecule has 0 heterocycles. The van der Waals surface area contributed by atoms with Gasteiger partial charge in [0.05, 0.1) is 0 Å². The van der Waals surface area contributed by atoms with Crippen LogP contribution in [-0.4, -0.2) is 11.7 Å². The van der Waals surface area contributed by atoms with Crippen LogP contribution in [-0.2, 0) is 0 Å². The lowest BCUT2D eigenvalue weighted by atomic mass is 9.46. The molecule has 1 nitrogen and oxygen atoms in total. The van der Waals surface area contributed by atoms with E-state index in [4.69, 9.17) is 0 Å². The van der Waals surface area contributed by atoms with Crippen LogP contribution in [0.5, 0.6) is 0 Å². The van der Waals surface area contributed by atoms with E-state index in [0.29, 0.717) is 28.6 Å². The Bertz CT molecular complexity index is 647. The molecule has 0 bridgehead atoms. The molecule has 0 radical (unpaired) electrons. The average molecular weight is 399 g/mol. The minimum atomic E-state index is 0.287. The second-order valence-corrected chi connectivity index (χ2v) is 12.0. The van der Waals surface area contributed by atoms with E-state index in [1.807, 2.05) is 5.57 Å². The highest BCUT2D eigenvalue weighted by atomic mass is 16.3. The van der Waals surface area contributed by atoms with Gasteiger partial charge in [-0.15, -0.1) is 0 Å². The second kappa shape index (κ2) is 8.18. The zero-order valence-corrected chi connectivity index (χ0v) is 19.8. The van der Waals surface area contributed by atoms with Crippen LogP contribution in [0.15, 0.2) is 23.8 Å². The van der Waals surface area contributed by atoms with Gasteiger partial charge in [0.2, 0.25) is 0 Å². The number of fused-ring (bicyclic) bond motifs is 5. The van der Waals surface area contributed by atoms with Gasteiger partial charge in [-0.05, 0) is 97.2 Å². The fourth-order valence-electron chi connectivity index (χ4n) is 8.29. The van der Waals surface area contributed by atoms with E-state index >= 15 is 0 Å². The molecule has 0 aromatic heterocycles. The van der Waals surface area contributed by atoms with Gasteiger partial charge in [0.25, 0.3) is 0 Å². The molecule has 3 saturated carbocycles. The summed E-state index contributed by atoms with van der Waals surface area (Å²) in [5.41, 5.74) is 2.93. The molecule has 4 rings (SSSR count). The molecule has 0 spiro atoms. The third-order valence-electron chi connectivity index (χ3n) is 10.6. The molecule has 9 atom stereocenters.